The van der Waals surface area contributed by atoms with E-state index >= 15 is 0 Å². The number of benzene rings is 1. The van der Waals surface area contributed by atoms with Crippen LogP contribution < -0.4 is 21.7 Å². The first-order valence-electron chi connectivity index (χ1n) is 11.8. The van der Waals surface area contributed by atoms with Crippen LogP contribution in [0.15, 0.2) is 36.8 Å². The Morgan fingerprint density at radius 2 is 1.59 bits per heavy atom. The minimum atomic E-state index is -1.26. The average Bonchev–Trinajstić information content (AvgIpc) is 3.39. The number of carboxylic acid groups (broad SMARTS) is 1. The van der Waals surface area contributed by atoms with Crippen LogP contribution in [0.2, 0.25) is 0 Å². The van der Waals surface area contributed by atoms with Crippen molar-refractivity contribution in [3.8, 4) is 5.75 Å². The fourth-order valence-electron chi connectivity index (χ4n) is 3.47. The van der Waals surface area contributed by atoms with Crippen molar-refractivity contribution in [2.24, 2.45) is 11.7 Å². The summed E-state index contributed by atoms with van der Waals surface area (Å²) in [6.07, 6.45) is 3.31. The number of imidazole rings is 1. The fourth-order valence-corrected chi connectivity index (χ4v) is 3.47. The third-order valence-electron chi connectivity index (χ3n) is 5.93. The maximum absolute atomic E-state index is 13.3. The number of aliphatic hydroxyl groups is 1. The number of carboxylic acids is 1. The van der Waals surface area contributed by atoms with E-state index in [1.807, 2.05) is 0 Å². The summed E-state index contributed by atoms with van der Waals surface area (Å²) in [5.74, 6) is -3.81. The van der Waals surface area contributed by atoms with E-state index in [2.05, 4.69) is 25.9 Å². The van der Waals surface area contributed by atoms with Gasteiger partial charge in [-0.25, -0.2) is 9.78 Å². The summed E-state index contributed by atoms with van der Waals surface area (Å²) in [6, 6.07) is 1.12. The molecule has 37 heavy (non-hydrogen) atoms. The van der Waals surface area contributed by atoms with Gasteiger partial charge in [0, 0.05) is 24.7 Å². The molecule has 5 unspecified atom stereocenters. The first-order valence-corrected chi connectivity index (χ1v) is 11.8. The number of amides is 3. The SMILES string of the molecule is CCC(C)C(NC(=O)C(Cc1ccc(O)cc1)NC(=O)C(Cc1cnc[nH]1)NC(=O)C(N)CO)C(=O)O. The van der Waals surface area contributed by atoms with Crippen LogP contribution in [-0.4, -0.2) is 79.8 Å². The number of aliphatic carboxylic acids is 1. The van der Waals surface area contributed by atoms with Crippen LogP contribution >= 0.6 is 0 Å². The second-order valence-corrected chi connectivity index (χ2v) is 8.77. The number of nitrogens with one attached hydrogen (secondary N) is 4. The van der Waals surface area contributed by atoms with Gasteiger partial charge in [-0.1, -0.05) is 32.4 Å². The predicted octanol–water partition coefficient (Wildman–Crippen LogP) is -1.19. The van der Waals surface area contributed by atoms with E-state index < -0.39 is 54.5 Å². The molecule has 3 amide bonds. The molecule has 0 radical (unpaired) electrons. The Balaban J connectivity index is 2.30. The van der Waals surface area contributed by atoms with E-state index in [4.69, 9.17) is 5.73 Å². The minimum absolute atomic E-state index is 0.0130. The second-order valence-electron chi connectivity index (χ2n) is 8.77. The number of phenolic OH excluding ortho intramolecular Hbond substituents is 1. The Kier molecular flexibility index (Phi) is 11.0. The zero-order valence-corrected chi connectivity index (χ0v) is 20.7. The molecule has 0 aliphatic carbocycles. The summed E-state index contributed by atoms with van der Waals surface area (Å²) in [5.41, 5.74) is 6.67. The highest BCUT2D eigenvalue weighted by atomic mass is 16.4. The first kappa shape index (κ1) is 29.3. The summed E-state index contributed by atoms with van der Waals surface area (Å²) < 4.78 is 0. The molecule has 0 saturated carbocycles. The number of nitrogens with two attached hydrogens (primary N) is 1. The van der Waals surface area contributed by atoms with Crippen LogP contribution in [0.4, 0.5) is 0 Å². The standard InChI is InChI=1S/C24H34N6O7/c1-3-13(2)20(24(36)37)30-23(35)18(8-14-4-6-16(32)7-5-14)29-22(34)19(9-15-10-26-12-27-15)28-21(33)17(25)11-31/h4-7,10,12-13,17-20,31-32H,3,8-9,11,25H2,1-2H3,(H,26,27)(H,28,33)(H,29,34)(H,30,35)(H,36,37). The number of nitrogens with zero attached hydrogens (tertiary/aromatic N) is 1. The topological polar surface area (TPSA) is 220 Å². The van der Waals surface area contributed by atoms with Gasteiger partial charge in [-0.3, -0.25) is 14.4 Å². The van der Waals surface area contributed by atoms with Gasteiger partial charge in [-0.05, 0) is 23.6 Å². The average molecular weight is 519 g/mol. The number of aromatic amines is 1. The number of rotatable bonds is 14. The lowest BCUT2D eigenvalue weighted by molar-refractivity contribution is -0.143. The molecule has 9 N–H and O–H groups in total. The number of aliphatic hydroxyl groups excluding tert-OH is 1. The van der Waals surface area contributed by atoms with E-state index in [0.29, 0.717) is 17.7 Å². The molecule has 1 heterocycles. The van der Waals surface area contributed by atoms with Gasteiger partial charge in [-0.2, -0.15) is 0 Å². The normalized spacial score (nSPS) is 15.0. The van der Waals surface area contributed by atoms with Gasteiger partial charge in [0.1, 0.15) is 29.9 Å². The van der Waals surface area contributed by atoms with Crippen molar-refractivity contribution < 1.29 is 34.5 Å². The van der Waals surface area contributed by atoms with Gasteiger partial charge >= 0.3 is 5.97 Å². The smallest absolute Gasteiger partial charge is 0.326 e. The van der Waals surface area contributed by atoms with Crippen molar-refractivity contribution in [2.45, 2.75) is 57.3 Å². The highest BCUT2D eigenvalue weighted by molar-refractivity contribution is 5.94. The van der Waals surface area contributed by atoms with Crippen molar-refractivity contribution in [1.82, 2.24) is 25.9 Å². The number of aromatic hydroxyl groups is 1. The molecular weight excluding hydrogens is 484 g/mol. The Labute approximate surface area is 213 Å². The highest BCUT2D eigenvalue weighted by Gasteiger charge is 2.32. The Morgan fingerprint density at radius 3 is 2.14 bits per heavy atom. The number of H-pyrrole nitrogens is 1. The fraction of sp³-hybridized carbons (Fsp3) is 0.458. The lowest BCUT2D eigenvalue weighted by Crippen LogP contribution is -2.59. The number of phenols is 1. The molecule has 0 spiro atoms. The maximum atomic E-state index is 13.3. The summed E-state index contributed by atoms with van der Waals surface area (Å²) in [7, 11) is 0. The van der Waals surface area contributed by atoms with Crippen LogP contribution in [0.5, 0.6) is 5.75 Å². The predicted molar refractivity (Wildman–Crippen MR) is 132 cm³/mol. The molecule has 0 fully saturated rings. The molecule has 1 aromatic carbocycles. The molecule has 0 saturated heterocycles. The van der Waals surface area contributed by atoms with Crippen LogP contribution in [-0.2, 0) is 32.0 Å². The van der Waals surface area contributed by atoms with Crippen LogP contribution in [0.25, 0.3) is 0 Å². The number of carbonyl (C=O) groups is 4. The first-order chi connectivity index (χ1) is 17.5. The Morgan fingerprint density at radius 1 is 1.00 bits per heavy atom. The van der Waals surface area contributed by atoms with Gasteiger partial charge in [-0.15, -0.1) is 0 Å². The van der Waals surface area contributed by atoms with Crippen molar-refractivity contribution >= 4 is 23.7 Å². The number of aromatic nitrogens is 2. The third-order valence-corrected chi connectivity index (χ3v) is 5.93. The van der Waals surface area contributed by atoms with E-state index in [0.717, 1.165) is 0 Å². The van der Waals surface area contributed by atoms with Gasteiger partial charge < -0.3 is 42.0 Å². The molecule has 1 aromatic heterocycles. The molecule has 2 rings (SSSR count). The van der Waals surface area contributed by atoms with Crippen molar-refractivity contribution in [3.63, 3.8) is 0 Å². The molecule has 0 aliphatic heterocycles. The monoisotopic (exact) mass is 518 g/mol. The number of carbonyl (C=O) groups excluding carboxylic acids is 3. The molecule has 0 aliphatic rings. The van der Waals surface area contributed by atoms with Crippen molar-refractivity contribution in [1.29, 1.82) is 0 Å². The van der Waals surface area contributed by atoms with E-state index in [1.54, 1.807) is 26.0 Å². The van der Waals surface area contributed by atoms with Crippen LogP contribution in [0.1, 0.15) is 31.5 Å². The Hall–Kier alpha value is -3.97. The molecule has 0 bridgehead atoms. The lowest BCUT2D eigenvalue weighted by atomic mass is 9.98. The van der Waals surface area contributed by atoms with E-state index in [9.17, 15) is 34.5 Å². The van der Waals surface area contributed by atoms with Crippen molar-refractivity contribution in [2.75, 3.05) is 6.61 Å². The maximum Gasteiger partial charge on any atom is 0.326 e. The second kappa shape index (κ2) is 13.9. The van der Waals surface area contributed by atoms with Crippen molar-refractivity contribution in [3.05, 3.63) is 48.0 Å². The molecule has 13 heteroatoms. The summed E-state index contributed by atoms with van der Waals surface area (Å²) >= 11 is 0. The van der Waals surface area contributed by atoms with Gasteiger partial charge in [0.15, 0.2) is 0 Å². The third kappa shape index (κ3) is 8.88. The van der Waals surface area contributed by atoms with Gasteiger partial charge in [0.05, 0.1) is 12.9 Å². The van der Waals surface area contributed by atoms with Crippen LogP contribution in [0, 0.1) is 5.92 Å². The zero-order valence-electron chi connectivity index (χ0n) is 20.7. The number of hydrogen-bond donors (Lipinski definition) is 8. The number of hydrogen-bond acceptors (Lipinski definition) is 8. The molecular formula is C24H34N6O7. The summed E-state index contributed by atoms with van der Waals surface area (Å²) in [5, 5.41) is 35.9. The summed E-state index contributed by atoms with van der Waals surface area (Å²) in [4.78, 5) is 57.3. The largest absolute Gasteiger partial charge is 0.508 e. The quantitative estimate of drug-likeness (QED) is 0.150. The lowest BCUT2D eigenvalue weighted by Gasteiger charge is -2.26. The highest BCUT2D eigenvalue weighted by Crippen LogP contribution is 2.13. The molecule has 2 aromatic rings. The van der Waals surface area contributed by atoms with E-state index in [1.165, 1.54) is 24.7 Å². The minimum Gasteiger partial charge on any atom is -0.508 e. The van der Waals surface area contributed by atoms with Gasteiger partial charge in [0.25, 0.3) is 0 Å². The molecule has 202 valence electrons. The zero-order chi connectivity index (χ0) is 27.5. The molecule has 13 nitrogen and oxygen atoms in total. The Bertz CT molecular complexity index is 1040. The molecule has 5 atom stereocenters. The van der Waals surface area contributed by atoms with Crippen LogP contribution in [0.3, 0.4) is 0 Å². The summed E-state index contributed by atoms with van der Waals surface area (Å²) in [6.45, 7) is 2.84. The van der Waals surface area contributed by atoms with E-state index in [-0.39, 0.29) is 24.5 Å². The van der Waals surface area contributed by atoms with Gasteiger partial charge in [0.2, 0.25) is 17.7 Å².